The molecule has 1 aromatic heterocycles. The molecule has 0 saturated heterocycles. The second-order valence-electron chi connectivity index (χ2n) is 9.04. The van der Waals surface area contributed by atoms with E-state index in [9.17, 15) is 27.9 Å². The highest BCUT2D eigenvalue weighted by Crippen LogP contribution is 2.29. The lowest BCUT2D eigenvalue weighted by molar-refractivity contribution is -0.138. The van der Waals surface area contributed by atoms with Gasteiger partial charge < -0.3 is 31.1 Å². The van der Waals surface area contributed by atoms with Crippen molar-refractivity contribution >= 4 is 29.2 Å². The molecule has 0 bridgehead atoms. The van der Waals surface area contributed by atoms with Crippen LogP contribution >= 0.6 is 0 Å². The number of aliphatic hydroxyl groups is 1. The Morgan fingerprint density at radius 2 is 1.43 bits per heavy atom. The monoisotopic (exact) mass is 562 g/mol. The number of amides is 1. The van der Waals surface area contributed by atoms with Crippen LogP contribution in [0.15, 0.2) is 48.5 Å². The van der Waals surface area contributed by atoms with Crippen LogP contribution in [0.1, 0.15) is 32.9 Å². The molecule has 0 fully saturated rings. The number of halogens is 3. The number of nitrogens with one attached hydrogen (secondary N) is 1. The maximum Gasteiger partial charge on any atom is 0.416 e. The highest BCUT2D eigenvalue weighted by molar-refractivity contribution is 6.04. The van der Waals surface area contributed by atoms with Gasteiger partial charge in [-0.3, -0.25) is 9.59 Å². The lowest BCUT2D eigenvalue weighted by Gasteiger charge is -2.22. The van der Waals surface area contributed by atoms with Crippen molar-refractivity contribution in [1.29, 1.82) is 0 Å². The first kappa shape index (κ1) is 32.0. The number of hydrogen-bond acceptors (Lipinski definition) is 8. The second-order valence-corrected chi connectivity index (χ2v) is 9.04. The number of aliphatic hydroxyl groups excluding tert-OH is 1. The SMILES string of the molecule is CN(C)c1nc(Cc2ccc(NC(=O)c3ccc(C(F)(F)F)cc3)cc2)nc(N(C)C)c1CC(=O)O.NCCO. The van der Waals surface area contributed by atoms with Gasteiger partial charge in [-0.2, -0.15) is 13.2 Å². The second kappa shape index (κ2) is 14.2. The number of carbonyl (C=O) groups is 2. The molecule has 13 heteroatoms. The van der Waals surface area contributed by atoms with Crippen LogP contribution in [0.25, 0.3) is 0 Å². The average Bonchev–Trinajstić information content (AvgIpc) is 2.89. The molecule has 0 aliphatic heterocycles. The summed E-state index contributed by atoms with van der Waals surface area (Å²) in [4.78, 5) is 36.4. The van der Waals surface area contributed by atoms with Crippen LogP contribution in [0.4, 0.5) is 30.5 Å². The van der Waals surface area contributed by atoms with Crippen molar-refractivity contribution in [2.24, 2.45) is 5.73 Å². The van der Waals surface area contributed by atoms with Gasteiger partial charge in [-0.1, -0.05) is 12.1 Å². The number of carboxylic acids is 1. The summed E-state index contributed by atoms with van der Waals surface area (Å²) >= 11 is 0. The molecular formula is C27H33F3N6O4. The van der Waals surface area contributed by atoms with Gasteiger partial charge >= 0.3 is 12.1 Å². The molecule has 1 amide bonds. The molecule has 0 radical (unpaired) electrons. The lowest BCUT2D eigenvalue weighted by Crippen LogP contribution is -2.22. The number of hydrogen-bond donors (Lipinski definition) is 4. The predicted octanol–water partition coefficient (Wildman–Crippen LogP) is 3.03. The molecule has 5 N–H and O–H groups in total. The fraction of sp³-hybridized carbons (Fsp3) is 0.333. The summed E-state index contributed by atoms with van der Waals surface area (Å²) in [6.07, 6.45) is -4.32. The molecule has 3 aromatic rings. The van der Waals surface area contributed by atoms with Crippen LogP contribution in [0.3, 0.4) is 0 Å². The molecule has 3 rings (SSSR count). The van der Waals surface area contributed by atoms with Gasteiger partial charge in [0, 0.05) is 58.0 Å². The van der Waals surface area contributed by atoms with Crippen molar-refractivity contribution in [2.45, 2.75) is 19.0 Å². The number of aliphatic carboxylic acids is 1. The number of carbonyl (C=O) groups excluding carboxylic acids is 1. The Balaban J connectivity index is 0.00000131. The number of benzene rings is 2. The molecule has 1 heterocycles. The first-order valence-electron chi connectivity index (χ1n) is 12.1. The highest BCUT2D eigenvalue weighted by Gasteiger charge is 2.30. The fourth-order valence-electron chi connectivity index (χ4n) is 3.54. The van der Waals surface area contributed by atoms with Crippen molar-refractivity contribution in [1.82, 2.24) is 9.97 Å². The van der Waals surface area contributed by atoms with Gasteiger partial charge in [0.05, 0.1) is 18.6 Å². The Kier molecular flexibility index (Phi) is 11.4. The van der Waals surface area contributed by atoms with E-state index in [0.717, 1.165) is 29.8 Å². The topological polar surface area (TPSA) is 145 Å². The Morgan fingerprint density at radius 3 is 1.82 bits per heavy atom. The van der Waals surface area contributed by atoms with Gasteiger partial charge in [0.1, 0.15) is 17.5 Å². The van der Waals surface area contributed by atoms with Gasteiger partial charge in [0.25, 0.3) is 5.91 Å². The lowest BCUT2D eigenvalue weighted by atomic mass is 10.1. The minimum absolute atomic E-state index is 0.0972. The first-order chi connectivity index (χ1) is 18.8. The molecule has 0 atom stereocenters. The van der Waals surface area contributed by atoms with E-state index in [1.807, 2.05) is 0 Å². The quantitative estimate of drug-likeness (QED) is 0.309. The van der Waals surface area contributed by atoms with Crippen LogP contribution < -0.4 is 20.9 Å². The number of alkyl halides is 3. The fourth-order valence-corrected chi connectivity index (χ4v) is 3.54. The third-order valence-corrected chi connectivity index (χ3v) is 5.36. The van der Waals surface area contributed by atoms with Crippen molar-refractivity contribution in [2.75, 3.05) is 56.5 Å². The normalized spacial score (nSPS) is 10.8. The number of nitrogens with two attached hydrogens (primary N) is 1. The Morgan fingerprint density at radius 1 is 0.925 bits per heavy atom. The molecule has 2 aromatic carbocycles. The zero-order valence-corrected chi connectivity index (χ0v) is 22.7. The van der Waals surface area contributed by atoms with Crippen LogP contribution in [-0.2, 0) is 23.8 Å². The molecule has 0 spiro atoms. The zero-order valence-electron chi connectivity index (χ0n) is 22.7. The summed E-state index contributed by atoms with van der Waals surface area (Å²) in [5.41, 5.74) is 5.90. The van der Waals surface area contributed by atoms with Gasteiger partial charge in [0.15, 0.2) is 0 Å². The van der Waals surface area contributed by atoms with E-state index in [4.69, 9.17) is 10.8 Å². The smallest absolute Gasteiger partial charge is 0.416 e. The van der Waals surface area contributed by atoms with Gasteiger partial charge in [-0.15, -0.1) is 0 Å². The Labute approximate surface area is 230 Å². The largest absolute Gasteiger partial charge is 0.481 e. The minimum atomic E-state index is -4.47. The first-order valence-corrected chi connectivity index (χ1v) is 12.1. The Bertz CT molecular complexity index is 1250. The van der Waals surface area contributed by atoms with Gasteiger partial charge in [0.2, 0.25) is 0 Å². The molecule has 10 nitrogen and oxygen atoms in total. The Hall–Kier alpha value is -4.23. The summed E-state index contributed by atoms with van der Waals surface area (Å²) in [5.74, 6) is 0.0303. The van der Waals surface area contributed by atoms with Gasteiger partial charge in [-0.25, -0.2) is 9.97 Å². The number of rotatable bonds is 9. The van der Waals surface area contributed by atoms with Crippen LogP contribution in [0.5, 0.6) is 0 Å². The summed E-state index contributed by atoms with van der Waals surface area (Å²) in [6, 6.07) is 10.9. The molecule has 216 valence electrons. The maximum absolute atomic E-state index is 12.7. The van der Waals surface area contributed by atoms with E-state index >= 15 is 0 Å². The standard InChI is InChI=1S/C25H26F3N5O3.C2H7NO/c1-32(2)22-19(14-21(34)35)23(33(3)4)31-20(30-22)13-15-5-11-18(12-6-15)29-24(36)16-7-9-17(10-8-16)25(26,27)28;3-1-2-4/h5-12H,13-14H2,1-4H3,(H,29,36)(H,34,35);4H,1-3H2. The maximum atomic E-state index is 12.7. The molecule has 40 heavy (non-hydrogen) atoms. The molecule has 0 saturated carbocycles. The number of carboxylic acid groups (broad SMARTS) is 1. The average molecular weight is 563 g/mol. The molecule has 0 unspecified atom stereocenters. The predicted molar refractivity (Wildman–Crippen MR) is 147 cm³/mol. The molecule has 0 aliphatic carbocycles. The van der Waals surface area contributed by atoms with Gasteiger partial charge in [-0.05, 0) is 42.0 Å². The van der Waals surface area contributed by atoms with E-state index in [1.165, 1.54) is 0 Å². The highest BCUT2D eigenvalue weighted by atomic mass is 19.4. The third-order valence-electron chi connectivity index (χ3n) is 5.36. The number of nitrogens with zero attached hydrogens (tertiary/aromatic N) is 4. The van der Waals surface area contributed by atoms with E-state index in [-0.39, 0.29) is 18.6 Å². The molecule has 0 aliphatic rings. The third kappa shape index (κ3) is 9.20. The van der Waals surface area contributed by atoms with Crippen molar-refractivity contribution in [3.63, 3.8) is 0 Å². The number of anilines is 3. The van der Waals surface area contributed by atoms with Crippen LogP contribution in [-0.4, -0.2) is 73.4 Å². The van der Waals surface area contributed by atoms with Crippen molar-refractivity contribution in [3.05, 3.63) is 76.6 Å². The summed E-state index contributed by atoms with van der Waals surface area (Å²) in [6.45, 7) is 0.472. The van der Waals surface area contributed by atoms with Crippen LogP contribution in [0, 0.1) is 0 Å². The zero-order chi connectivity index (χ0) is 30.0. The summed E-state index contributed by atoms with van der Waals surface area (Å²) in [5, 5.41) is 19.7. The summed E-state index contributed by atoms with van der Waals surface area (Å²) in [7, 11) is 7.13. The van der Waals surface area contributed by atoms with E-state index < -0.39 is 23.6 Å². The van der Waals surface area contributed by atoms with E-state index in [2.05, 4.69) is 15.3 Å². The minimum Gasteiger partial charge on any atom is -0.481 e. The van der Waals surface area contributed by atoms with Crippen molar-refractivity contribution in [3.8, 4) is 0 Å². The van der Waals surface area contributed by atoms with E-state index in [1.54, 1.807) is 62.3 Å². The molecular weight excluding hydrogens is 529 g/mol. The number of aromatic nitrogens is 2. The van der Waals surface area contributed by atoms with E-state index in [0.29, 0.717) is 41.7 Å². The summed E-state index contributed by atoms with van der Waals surface area (Å²) < 4.78 is 38.1. The van der Waals surface area contributed by atoms with Crippen molar-refractivity contribution < 1.29 is 33.0 Å². The van der Waals surface area contributed by atoms with Crippen LogP contribution in [0.2, 0.25) is 0 Å².